The van der Waals surface area contributed by atoms with Gasteiger partial charge in [0.15, 0.2) is 5.82 Å². The van der Waals surface area contributed by atoms with E-state index < -0.39 is 5.60 Å². The minimum absolute atomic E-state index is 0.368. The van der Waals surface area contributed by atoms with E-state index in [4.69, 9.17) is 9.78 Å². The van der Waals surface area contributed by atoms with Crippen molar-refractivity contribution in [2.45, 2.75) is 43.6 Å². The Kier molecular flexibility index (Phi) is 3.69. The second kappa shape index (κ2) is 5.87. The summed E-state index contributed by atoms with van der Waals surface area (Å²) in [6.45, 7) is 1.34. The molecule has 1 saturated heterocycles. The summed E-state index contributed by atoms with van der Waals surface area (Å²) in [5, 5.41) is 23.8. The summed E-state index contributed by atoms with van der Waals surface area (Å²) in [6.07, 6.45) is 5.88. The standard InChI is InChI=1S/C17H19N5O2/c18-9-13-4-5-14(10-19-13)22-7-1-6-17(23,11-22)8-15-20-16(21-24-15)12-2-3-12/h4-5,10,12,23H,1-3,6-8,11H2. The highest BCUT2D eigenvalue weighted by atomic mass is 16.5. The lowest BCUT2D eigenvalue weighted by Gasteiger charge is -2.39. The number of nitriles is 1. The topological polar surface area (TPSA) is 99.1 Å². The van der Waals surface area contributed by atoms with E-state index in [9.17, 15) is 5.11 Å². The molecule has 1 aliphatic carbocycles. The van der Waals surface area contributed by atoms with Crippen molar-refractivity contribution >= 4 is 5.69 Å². The average molecular weight is 325 g/mol. The SMILES string of the molecule is N#Cc1ccc(N2CCCC(O)(Cc3nc(C4CC4)no3)C2)cn1. The highest BCUT2D eigenvalue weighted by molar-refractivity contribution is 5.46. The van der Waals surface area contributed by atoms with Crippen LogP contribution in [0, 0.1) is 11.3 Å². The van der Waals surface area contributed by atoms with Gasteiger partial charge in [0.25, 0.3) is 0 Å². The molecule has 0 spiro atoms. The molecule has 2 fully saturated rings. The predicted molar refractivity (Wildman–Crippen MR) is 85.3 cm³/mol. The summed E-state index contributed by atoms with van der Waals surface area (Å²) in [4.78, 5) is 10.6. The minimum Gasteiger partial charge on any atom is -0.388 e. The molecule has 0 aromatic carbocycles. The Morgan fingerprint density at radius 1 is 1.42 bits per heavy atom. The van der Waals surface area contributed by atoms with Crippen LogP contribution >= 0.6 is 0 Å². The number of aromatic nitrogens is 3. The highest BCUT2D eigenvalue weighted by Gasteiger charge is 2.36. The Morgan fingerprint density at radius 3 is 3.00 bits per heavy atom. The smallest absolute Gasteiger partial charge is 0.229 e. The first-order chi connectivity index (χ1) is 11.6. The number of rotatable bonds is 4. The Balaban J connectivity index is 1.46. The molecule has 24 heavy (non-hydrogen) atoms. The van der Waals surface area contributed by atoms with Gasteiger partial charge in [0, 0.05) is 19.0 Å². The third kappa shape index (κ3) is 3.10. The second-order valence-electron chi connectivity index (χ2n) is 6.76. The van der Waals surface area contributed by atoms with Crippen LogP contribution in [0.2, 0.25) is 0 Å². The zero-order valence-corrected chi connectivity index (χ0v) is 13.4. The van der Waals surface area contributed by atoms with Crippen LogP contribution in [0.4, 0.5) is 5.69 Å². The van der Waals surface area contributed by atoms with Gasteiger partial charge >= 0.3 is 0 Å². The van der Waals surface area contributed by atoms with Crippen LogP contribution in [0.1, 0.15) is 49.0 Å². The van der Waals surface area contributed by atoms with E-state index in [1.165, 1.54) is 0 Å². The zero-order chi connectivity index (χ0) is 16.6. The van der Waals surface area contributed by atoms with Gasteiger partial charge in [0.2, 0.25) is 5.89 Å². The van der Waals surface area contributed by atoms with Crippen LogP contribution < -0.4 is 4.90 Å². The molecule has 1 unspecified atom stereocenters. The lowest BCUT2D eigenvalue weighted by atomic mass is 9.89. The molecule has 0 radical (unpaired) electrons. The van der Waals surface area contributed by atoms with Crippen molar-refractivity contribution in [2.75, 3.05) is 18.0 Å². The molecule has 4 rings (SSSR count). The van der Waals surface area contributed by atoms with E-state index in [-0.39, 0.29) is 0 Å². The second-order valence-corrected chi connectivity index (χ2v) is 6.76. The van der Waals surface area contributed by atoms with Crippen LogP contribution in [0.5, 0.6) is 0 Å². The fourth-order valence-corrected chi connectivity index (χ4v) is 3.24. The van der Waals surface area contributed by atoms with Crippen molar-refractivity contribution in [3.63, 3.8) is 0 Å². The Labute approximate surface area is 139 Å². The lowest BCUT2D eigenvalue weighted by molar-refractivity contribution is 0.0193. The van der Waals surface area contributed by atoms with E-state index in [1.807, 2.05) is 12.1 Å². The normalized spacial score (nSPS) is 23.9. The first-order valence-electron chi connectivity index (χ1n) is 8.31. The summed E-state index contributed by atoms with van der Waals surface area (Å²) in [5.74, 6) is 1.74. The zero-order valence-electron chi connectivity index (χ0n) is 13.4. The molecule has 7 nitrogen and oxygen atoms in total. The van der Waals surface area contributed by atoms with Gasteiger partial charge in [-0.15, -0.1) is 0 Å². The predicted octanol–water partition coefficient (Wildman–Crippen LogP) is 1.79. The molecular weight excluding hydrogens is 306 g/mol. The third-order valence-electron chi connectivity index (χ3n) is 4.69. The van der Waals surface area contributed by atoms with E-state index in [1.54, 1.807) is 12.3 Å². The molecule has 2 aromatic rings. The van der Waals surface area contributed by atoms with Gasteiger partial charge in [-0.2, -0.15) is 10.2 Å². The molecule has 2 aromatic heterocycles. The Morgan fingerprint density at radius 2 is 2.29 bits per heavy atom. The van der Waals surface area contributed by atoms with Gasteiger partial charge in [-0.05, 0) is 37.8 Å². The number of pyridine rings is 1. The lowest BCUT2D eigenvalue weighted by Crippen LogP contribution is -2.49. The van der Waals surface area contributed by atoms with Gasteiger partial charge in [-0.3, -0.25) is 0 Å². The minimum atomic E-state index is -0.889. The summed E-state index contributed by atoms with van der Waals surface area (Å²) in [6, 6.07) is 5.58. The van der Waals surface area contributed by atoms with Crippen molar-refractivity contribution in [2.24, 2.45) is 0 Å². The molecule has 1 atom stereocenters. The van der Waals surface area contributed by atoms with Gasteiger partial charge in [-0.1, -0.05) is 5.16 Å². The molecule has 1 aliphatic heterocycles. The van der Waals surface area contributed by atoms with Crippen molar-refractivity contribution < 1.29 is 9.63 Å². The molecule has 7 heteroatoms. The quantitative estimate of drug-likeness (QED) is 0.914. The van der Waals surface area contributed by atoms with Crippen LogP contribution in [0.3, 0.4) is 0 Å². The Hall–Kier alpha value is -2.46. The molecule has 3 heterocycles. The highest BCUT2D eigenvalue weighted by Crippen LogP contribution is 2.38. The molecular formula is C17H19N5O2. The molecule has 124 valence electrons. The summed E-state index contributed by atoms with van der Waals surface area (Å²) < 4.78 is 5.32. The summed E-state index contributed by atoms with van der Waals surface area (Å²) >= 11 is 0. The van der Waals surface area contributed by atoms with Gasteiger partial charge in [0.1, 0.15) is 11.8 Å². The molecule has 0 bridgehead atoms. The van der Waals surface area contributed by atoms with Crippen LogP contribution in [0.15, 0.2) is 22.9 Å². The van der Waals surface area contributed by atoms with Crippen LogP contribution in [-0.2, 0) is 6.42 Å². The van der Waals surface area contributed by atoms with Crippen molar-refractivity contribution in [3.05, 3.63) is 35.7 Å². The molecule has 1 saturated carbocycles. The van der Waals surface area contributed by atoms with E-state index in [2.05, 4.69) is 20.0 Å². The third-order valence-corrected chi connectivity index (χ3v) is 4.69. The molecule has 1 N–H and O–H groups in total. The van der Waals surface area contributed by atoms with Crippen molar-refractivity contribution in [1.82, 2.24) is 15.1 Å². The van der Waals surface area contributed by atoms with Gasteiger partial charge in [0.05, 0.1) is 23.9 Å². The van der Waals surface area contributed by atoms with Gasteiger partial charge in [-0.25, -0.2) is 4.98 Å². The maximum absolute atomic E-state index is 11.0. The van der Waals surface area contributed by atoms with E-state index >= 15 is 0 Å². The number of piperidine rings is 1. The largest absolute Gasteiger partial charge is 0.388 e. The van der Waals surface area contributed by atoms with Crippen LogP contribution in [0.25, 0.3) is 0 Å². The fraction of sp³-hybridized carbons (Fsp3) is 0.529. The summed E-state index contributed by atoms with van der Waals surface area (Å²) in [5.41, 5.74) is 0.417. The first kappa shape index (κ1) is 15.1. The number of aliphatic hydroxyl groups is 1. The Bertz CT molecular complexity index is 762. The monoisotopic (exact) mass is 325 g/mol. The number of nitrogens with zero attached hydrogens (tertiary/aromatic N) is 5. The van der Waals surface area contributed by atoms with E-state index in [0.717, 1.165) is 37.3 Å². The molecule has 2 aliphatic rings. The fourth-order valence-electron chi connectivity index (χ4n) is 3.24. The maximum Gasteiger partial charge on any atom is 0.229 e. The molecule has 0 amide bonds. The number of anilines is 1. The van der Waals surface area contributed by atoms with Crippen LogP contribution in [-0.4, -0.2) is 38.9 Å². The average Bonchev–Trinajstić information content (AvgIpc) is 3.35. The number of hydrogen-bond donors (Lipinski definition) is 1. The number of β-amino-alcohol motifs (C(OH)–C–C–N with tert-alkyl or cyclic N) is 1. The first-order valence-corrected chi connectivity index (χ1v) is 8.31. The van der Waals surface area contributed by atoms with Crippen molar-refractivity contribution in [3.8, 4) is 6.07 Å². The number of hydrogen-bond acceptors (Lipinski definition) is 7. The van der Waals surface area contributed by atoms with Crippen molar-refractivity contribution in [1.29, 1.82) is 5.26 Å². The van der Waals surface area contributed by atoms with Gasteiger partial charge < -0.3 is 14.5 Å². The summed E-state index contributed by atoms with van der Waals surface area (Å²) in [7, 11) is 0. The maximum atomic E-state index is 11.0. The van der Waals surface area contributed by atoms with E-state index in [0.29, 0.717) is 36.9 Å².